The first-order chi connectivity index (χ1) is 12.1. The largest absolute Gasteiger partial charge is 0.467 e. The van der Waals surface area contributed by atoms with Crippen LogP contribution in [0.4, 0.5) is 5.69 Å². The molecular weight excluding hydrogens is 344 g/mol. The van der Waals surface area contributed by atoms with Crippen LogP contribution in [0, 0.1) is 23.0 Å². The number of ether oxygens (including phenoxy) is 2. The van der Waals surface area contributed by atoms with E-state index in [1.165, 1.54) is 32.2 Å². The number of carbonyl (C=O) groups is 3. The number of benzene rings is 1. The number of esters is 2. The smallest absolute Gasteiger partial charge is 0.338 e. The number of methoxy groups -OCH3 is 1. The van der Waals surface area contributed by atoms with Gasteiger partial charge < -0.3 is 14.8 Å². The molecule has 0 spiro atoms. The van der Waals surface area contributed by atoms with E-state index in [4.69, 9.17) is 4.74 Å². The number of rotatable bonds is 8. The molecule has 0 saturated heterocycles. The van der Waals surface area contributed by atoms with Crippen LogP contribution in [0.15, 0.2) is 18.2 Å². The molecule has 26 heavy (non-hydrogen) atoms. The monoisotopic (exact) mass is 366 g/mol. The van der Waals surface area contributed by atoms with E-state index in [9.17, 15) is 24.5 Å². The SMILES string of the molecule is COC(=O)[C@H](CC(C)C)NC(=O)COC(=O)c1ccc([N+](=O)[O-])c(C)c1. The van der Waals surface area contributed by atoms with E-state index in [1.54, 1.807) is 0 Å². The van der Waals surface area contributed by atoms with Gasteiger partial charge >= 0.3 is 11.9 Å². The van der Waals surface area contributed by atoms with Crippen LogP contribution in [0.5, 0.6) is 0 Å². The third kappa shape index (κ3) is 6.15. The van der Waals surface area contributed by atoms with Crippen LogP contribution >= 0.6 is 0 Å². The van der Waals surface area contributed by atoms with E-state index >= 15 is 0 Å². The Balaban J connectivity index is 2.65. The molecule has 1 N–H and O–H groups in total. The van der Waals surface area contributed by atoms with Crippen LogP contribution in [0.25, 0.3) is 0 Å². The highest BCUT2D eigenvalue weighted by molar-refractivity contribution is 5.92. The Morgan fingerprint density at radius 3 is 2.42 bits per heavy atom. The van der Waals surface area contributed by atoms with E-state index < -0.39 is 35.4 Å². The van der Waals surface area contributed by atoms with Crippen molar-refractivity contribution in [2.75, 3.05) is 13.7 Å². The van der Waals surface area contributed by atoms with Crippen LogP contribution in [-0.2, 0) is 19.1 Å². The standard InChI is InChI=1S/C17H22N2O7/c1-10(2)7-13(17(22)25-4)18-15(20)9-26-16(21)12-5-6-14(19(23)24)11(3)8-12/h5-6,8,10,13H,7,9H2,1-4H3,(H,18,20)/t13-/m0/s1. The summed E-state index contributed by atoms with van der Waals surface area (Å²) in [5.41, 5.74) is 0.276. The van der Waals surface area contributed by atoms with Gasteiger partial charge in [-0.15, -0.1) is 0 Å². The van der Waals surface area contributed by atoms with Crippen LogP contribution in [-0.4, -0.2) is 42.5 Å². The number of hydrogen-bond donors (Lipinski definition) is 1. The van der Waals surface area contributed by atoms with Gasteiger partial charge in [0.25, 0.3) is 11.6 Å². The van der Waals surface area contributed by atoms with E-state index in [-0.39, 0.29) is 17.2 Å². The number of hydrogen-bond acceptors (Lipinski definition) is 7. The lowest BCUT2D eigenvalue weighted by Crippen LogP contribution is -2.44. The summed E-state index contributed by atoms with van der Waals surface area (Å²) < 4.78 is 9.53. The summed E-state index contributed by atoms with van der Waals surface area (Å²) in [6, 6.07) is 2.94. The second-order valence-electron chi connectivity index (χ2n) is 6.11. The highest BCUT2D eigenvalue weighted by Gasteiger charge is 2.23. The number of aryl methyl sites for hydroxylation is 1. The first-order valence-corrected chi connectivity index (χ1v) is 7.95. The Labute approximate surface area is 150 Å². The molecule has 1 atom stereocenters. The normalized spacial score (nSPS) is 11.6. The first-order valence-electron chi connectivity index (χ1n) is 7.95. The Morgan fingerprint density at radius 1 is 1.27 bits per heavy atom. The van der Waals surface area contributed by atoms with Crippen molar-refractivity contribution in [1.29, 1.82) is 0 Å². The molecule has 0 saturated carbocycles. The minimum Gasteiger partial charge on any atom is -0.467 e. The van der Waals surface area contributed by atoms with Crippen molar-refractivity contribution in [3.8, 4) is 0 Å². The lowest BCUT2D eigenvalue weighted by atomic mass is 10.0. The summed E-state index contributed by atoms with van der Waals surface area (Å²) in [5.74, 6) is -1.88. The molecular formula is C17H22N2O7. The first kappa shape index (κ1) is 21.1. The van der Waals surface area contributed by atoms with Gasteiger partial charge in [-0.3, -0.25) is 14.9 Å². The van der Waals surface area contributed by atoms with E-state index in [2.05, 4.69) is 10.1 Å². The molecule has 1 amide bonds. The Hall–Kier alpha value is -2.97. The number of nitro groups is 1. The predicted octanol–water partition coefficient (Wildman–Crippen LogP) is 1.76. The van der Waals surface area contributed by atoms with Gasteiger partial charge in [-0.1, -0.05) is 13.8 Å². The molecule has 142 valence electrons. The zero-order chi connectivity index (χ0) is 19.9. The lowest BCUT2D eigenvalue weighted by molar-refractivity contribution is -0.385. The van der Waals surface area contributed by atoms with Gasteiger partial charge in [0, 0.05) is 11.6 Å². The third-order valence-electron chi connectivity index (χ3n) is 3.49. The highest BCUT2D eigenvalue weighted by atomic mass is 16.6. The van der Waals surface area contributed by atoms with E-state index in [0.717, 1.165) is 0 Å². The van der Waals surface area contributed by atoms with Gasteiger partial charge in [0.05, 0.1) is 17.6 Å². The Kier molecular flexibility index (Phi) is 7.70. The number of nitrogens with zero attached hydrogens (tertiary/aromatic N) is 1. The second kappa shape index (κ2) is 9.50. The van der Waals surface area contributed by atoms with Crippen LogP contribution < -0.4 is 5.32 Å². The van der Waals surface area contributed by atoms with Gasteiger partial charge in [-0.2, -0.15) is 0 Å². The summed E-state index contributed by atoms with van der Waals surface area (Å²) in [5, 5.41) is 13.2. The fourth-order valence-electron chi connectivity index (χ4n) is 2.27. The number of carbonyl (C=O) groups excluding carboxylic acids is 3. The molecule has 1 aromatic rings. The Morgan fingerprint density at radius 2 is 1.92 bits per heavy atom. The molecule has 0 fully saturated rings. The van der Waals surface area contributed by atoms with Crippen molar-refractivity contribution in [3.05, 3.63) is 39.4 Å². The molecule has 0 radical (unpaired) electrons. The van der Waals surface area contributed by atoms with E-state index in [1.807, 2.05) is 13.8 Å². The average Bonchev–Trinajstić information content (AvgIpc) is 2.57. The van der Waals surface area contributed by atoms with Gasteiger partial charge in [0.15, 0.2) is 6.61 Å². The topological polar surface area (TPSA) is 125 Å². The number of amides is 1. The fourth-order valence-corrected chi connectivity index (χ4v) is 2.27. The van der Waals surface area contributed by atoms with Crippen LogP contribution in [0.1, 0.15) is 36.2 Å². The summed E-state index contributed by atoms with van der Waals surface area (Å²) in [6.07, 6.45) is 0.383. The maximum Gasteiger partial charge on any atom is 0.338 e. The molecule has 0 aromatic heterocycles. The molecule has 0 aliphatic rings. The molecule has 0 bridgehead atoms. The average molecular weight is 366 g/mol. The van der Waals surface area contributed by atoms with Crippen LogP contribution in [0.2, 0.25) is 0 Å². The zero-order valence-electron chi connectivity index (χ0n) is 15.1. The molecule has 0 heterocycles. The van der Waals surface area contributed by atoms with Crippen molar-refractivity contribution < 1.29 is 28.8 Å². The molecule has 0 aliphatic carbocycles. The minimum atomic E-state index is -0.826. The molecule has 9 nitrogen and oxygen atoms in total. The van der Waals surface area contributed by atoms with Crippen molar-refractivity contribution in [2.45, 2.75) is 33.2 Å². The van der Waals surface area contributed by atoms with Crippen molar-refractivity contribution in [3.63, 3.8) is 0 Å². The van der Waals surface area contributed by atoms with Gasteiger partial charge in [0.2, 0.25) is 0 Å². The second-order valence-corrected chi connectivity index (χ2v) is 6.11. The molecule has 9 heteroatoms. The third-order valence-corrected chi connectivity index (χ3v) is 3.49. The molecule has 0 unspecified atom stereocenters. The molecule has 1 rings (SSSR count). The summed E-state index contributed by atoms with van der Waals surface area (Å²) in [4.78, 5) is 45.8. The quantitative estimate of drug-likeness (QED) is 0.422. The van der Waals surface area contributed by atoms with Crippen LogP contribution in [0.3, 0.4) is 0 Å². The molecule has 1 aromatic carbocycles. The number of nitro benzene ring substituents is 1. The van der Waals surface area contributed by atoms with Gasteiger partial charge in [-0.25, -0.2) is 9.59 Å². The van der Waals surface area contributed by atoms with Crippen molar-refractivity contribution in [1.82, 2.24) is 5.32 Å². The number of nitrogens with one attached hydrogen (secondary N) is 1. The van der Waals surface area contributed by atoms with Gasteiger partial charge in [0.1, 0.15) is 6.04 Å². The molecule has 0 aliphatic heterocycles. The van der Waals surface area contributed by atoms with E-state index in [0.29, 0.717) is 12.0 Å². The highest BCUT2D eigenvalue weighted by Crippen LogP contribution is 2.19. The van der Waals surface area contributed by atoms with Crippen molar-refractivity contribution in [2.24, 2.45) is 5.92 Å². The minimum absolute atomic E-state index is 0.0904. The predicted molar refractivity (Wildman–Crippen MR) is 91.5 cm³/mol. The summed E-state index contributed by atoms with van der Waals surface area (Å²) in [7, 11) is 1.22. The van der Waals surface area contributed by atoms with Crippen molar-refractivity contribution >= 4 is 23.5 Å². The maximum atomic E-state index is 12.0. The Bertz CT molecular complexity index is 700. The zero-order valence-corrected chi connectivity index (χ0v) is 15.1. The lowest BCUT2D eigenvalue weighted by Gasteiger charge is -2.18. The fraction of sp³-hybridized carbons (Fsp3) is 0.471. The maximum absolute atomic E-state index is 12.0. The summed E-state index contributed by atoms with van der Waals surface area (Å²) >= 11 is 0. The van der Waals surface area contributed by atoms with Gasteiger partial charge in [-0.05, 0) is 31.4 Å². The summed E-state index contributed by atoms with van der Waals surface area (Å²) in [6.45, 7) is 4.69.